The maximum absolute atomic E-state index is 4.67. The Bertz CT molecular complexity index is 566. The van der Waals surface area contributed by atoms with E-state index in [0.29, 0.717) is 0 Å². The van der Waals surface area contributed by atoms with Crippen molar-refractivity contribution in [3.63, 3.8) is 0 Å². The standard InChI is InChI=1S/C20H34N6.HI/c1-5-7-8-11-24(4)20(21-3)23-17-18-9-10-19(22-16-18)26-14-12-25(6-2)13-15-26;/h5,9-10,16H,1,6-8,11-15,17H2,2-4H3,(H,21,23);1H. The molecule has 1 aliphatic rings. The van der Waals surface area contributed by atoms with Gasteiger partial charge in [0.05, 0.1) is 0 Å². The second-order valence-electron chi connectivity index (χ2n) is 6.70. The molecule has 1 aromatic rings. The molecular weight excluding hydrogens is 451 g/mol. The van der Waals surface area contributed by atoms with Crippen LogP contribution in [-0.2, 0) is 6.54 Å². The number of likely N-dealkylation sites (N-methyl/N-ethyl adjacent to an activating group) is 1. The number of nitrogens with one attached hydrogen (secondary N) is 1. The van der Waals surface area contributed by atoms with E-state index >= 15 is 0 Å². The van der Waals surface area contributed by atoms with Crippen molar-refractivity contribution in [2.24, 2.45) is 4.99 Å². The Morgan fingerprint density at radius 1 is 1.33 bits per heavy atom. The molecule has 152 valence electrons. The van der Waals surface area contributed by atoms with Crippen LogP contribution in [0.25, 0.3) is 0 Å². The van der Waals surface area contributed by atoms with E-state index in [9.17, 15) is 0 Å². The topological polar surface area (TPSA) is 47.0 Å². The highest BCUT2D eigenvalue weighted by Crippen LogP contribution is 2.14. The fourth-order valence-electron chi connectivity index (χ4n) is 3.15. The smallest absolute Gasteiger partial charge is 0.193 e. The van der Waals surface area contributed by atoms with E-state index < -0.39 is 0 Å². The number of hydrogen-bond acceptors (Lipinski definition) is 4. The number of guanidine groups is 1. The van der Waals surface area contributed by atoms with Crippen molar-refractivity contribution >= 4 is 35.8 Å². The molecule has 6 nitrogen and oxygen atoms in total. The van der Waals surface area contributed by atoms with E-state index in [-0.39, 0.29) is 24.0 Å². The van der Waals surface area contributed by atoms with Crippen molar-refractivity contribution in [3.8, 4) is 0 Å². The molecule has 0 bridgehead atoms. The van der Waals surface area contributed by atoms with Gasteiger partial charge in [-0.3, -0.25) is 4.99 Å². The number of aromatic nitrogens is 1. The first-order chi connectivity index (χ1) is 12.7. The van der Waals surface area contributed by atoms with Gasteiger partial charge < -0.3 is 20.0 Å². The second-order valence-corrected chi connectivity index (χ2v) is 6.70. The molecule has 27 heavy (non-hydrogen) atoms. The molecule has 0 amide bonds. The van der Waals surface area contributed by atoms with E-state index in [1.54, 1.807) is 0 Å². The third-order valence-corrected chi connectivity index (χ3v) is 4.88. The Kier molecular flexibility index (Phi) is 11.3. The summed E-state index contributed by atoms with van der Waals surface area (Å²) in [5, 5.41) is 3.41. The minimum Gasteiger partial charge on any atom is -0.354 e. The quantitative estimate of drug-likeness (QED) is 0.201. The monoisotopic (exact) mass is 486 g/mol. The van der Waals surface area contributed by atoms with E-state index in [4.69, 9.17) is 0 Å². The van der Waals surface area contributed by atoms with Crippen molar-refractivity contribution in [1.29, 1.82) is 0 Å². The zero-order chi connectivity index (χ0) is 18.8. The number of piperazine rings is 1. The van der Waals surface area contributed by atoms with Crippen LogP contribution in [0, 0.1) is 0 Å². The molecule has 0 aromatic carbocycles. The van der Waals surface area contributed by atoms with Crippen LogP contribution < -0.4 is 10.2 Å². The van der Waals surface area contributed by atoms with E-state index in [0.717, 1.165) is 70.4 Å². The van der Waals surface area contributed by atoms with Gasteiger partial charge in [0.2, 0.25) is 0 Å². The fraction of sp³-hybridized carbons (Fsp3) is 0.600. The molecule has 1 N–H and O–H groups in total. The number of hydrogen-bond donors (Lipinski definition) is 1. The minimum atomic E-state index is 0. The molecule has 1 aliphatic heterocycles. The van der Waals surface area contributed by atoms with Crippen LogP contribution in [0.15, 0.2) is 36.0 Å². The molecule has 1 aromatic heterocycles. The van der Waals surface area contributed by atoms with Crippen molar-refractivity contribution in [1.82, 2.24) is 20.1 Å². The summed E-state index contributed by atoms with van der Waals surface area (Å²) in [5.74, 6) is 1.99. The van der Waals surface area contributed by atoms with E-state index in [1.807, 2.05) is 19.3 Å². The fourth-order valence-corrected chi connectivity index (χ4v) is 3.15. The van der Waals surface area contributed by atoms with Gasteiger partial charge in [-0.25, -0.2) is 4.98 Å². The summed E-state index contributed by atoms with van der Waals surface area (Å²) in [5.41, 5.74) is 1.17. The molecule has 0 spiro atoms. The Morgan fingerprint density at radius 2 is 2.07 bits per heavy atom. The zero-order valence-electron chi connectivity index (χ0n) is 17.0. The van der Waals surface area contributed by atoms with Gasteiger partial charge in [0.15, 0.2) is 5.96 Å². The number of unbranched alkanes of at least 4 members (excludes halogenated alkanes) is 1. The van der Waals surface area contributed by atoms with Crippen LogP contribution in [0.3, 0.4) is 0 Å². The largest absolute Gasteiger partial charge is 0.354 e. The van der Waals surface area contributed by atoms with Crippen LogP contribution in [0.4, 0.5) is 5.82 Å². The highest BCUT2D eigenvalue weighted by Gasteiger charge is 2.16. The SMILES string of the molecule is C=CCCCN(C)C(=NC)NCc1ccc(N2CCN(CC)CC2)nc1.I. The Morgan fingerprint density at radius 3 is 2.63 bits per heavy atom. The number of nitrogens with zero attached hydrogens (tertiary/aromatic N) is 5. The molecule has 2 heterocycles. The van der Waals surface area contributed by atoms with Crippen LogP contribution in [-0.4, -0.2) is 74.1 Å². The highest BCUT2D eigenvalue weighted by molar-refractivity contribution is 14.0. The maximum Gasteiger partial charge on any atom is 0.193 e. The molecule has 0 atom stereocenters. The lowest BCUT2D eigenvalue weighted by Gasteiger charge is -2.34. The lowest BCUT2D eigenvalue weighted by molar-refractivity contribution is 0.270. The van der Waals surface area contributed by atoms with Crippen LogP contribution in [0.2, 0.25) is 0 Å². The molecule has 7 heteroatoms. The third kappa shape index (κ3) is 7.65. The van der Waals surface area contributed by atoms with Crippen molar-refractivity contribution in [3.05, 3.63) is 36.5 Å². The van der Waals surface area contributed by atoms with Gasteiger partial charge in [0.25, 0.3) is 0 Å². The van der Waals surface area contributed by atoms with Crippen LogP contribution >= 0.6 is 24.0 Å². The first-order valence-electron chi connectivity index (χ1n) is 9.62. The first kappa shape index (κ1) is 23.7. The number of pyridine rings is 1. The summed E-state index contributed by atoms with van der Waals surface area (Å²) in [6, 6.07) is 4.29. The molecule has 0 saturated carbocycles. The van der Waals surface area contributed by atoms with Crippen LogP contribution in [0.5, 0.6) is 0 Å². The summed E-state index contributed by atoms with van der Waals surface area (Å²) in [6.45, 7) is 13.2. The third-order valence-electron chi connectivity index (χ3n) is 4.88. The van der Waals surface area contributed by atoms with Crippen molar-refractivity contribution in [2.75, 3.05) is 58.3 Å². The van der Waals surface area contributed by atoms with Gasteiger partial charge in [-0.2, -0.15) is 0 Å². The average Bonchev–Trinajstić information content (AvgIpc) is 2.69. The number of anilines is 1. The predicted molar refractivity (Wildman–Crippen MR) is 126 cm³/mol. The first-order valence-corrected chi connectivity index (χ1v) is 9.62. The molecule has 1 fully saturated rings. The molecule has 0 radical (unpaired) electrons. The second kappa shape index (κ2) is 12.9. The lowest BCUT2D eigenvalue weighted by atomic mass is 10.2. The van der Waals surface area contributed by atoms with Gasteiger partial charge in [-0.1, -0.05) is 19.1 Å². The van der Waals surface area contributed by atoms with E-state index in [2.05, 4.69) is 62.7 Å². The maximum atomic E-state index is 4.67. The van der Waals surface area contributed by atoms with Crippen LogP contribution in [0.1, 0.15) is 25.3 Å². The number of halogens is 1. The molecule has 1 saturated heterocycles. The molecule has 2 rings (SSSR count). The molecule has 0 aliphatic carbocycles. The normalized spacial score (nSPS) is 15.2. The summed E-state index contributed by atoms with van der Waals surface area (Å²) in [7, 11) is 3.89. The van der Waals surface area contributed by atoms with Gasteiger partial charge in [0.1, 0.15) is 5.82 Å². The Hall–Kier alpha value is -1.35. The van der Waals surface area contributed by atoms with Gasteiger partial charge in [-0.05, 0) is 31.0 Å². The Balaban J connectivity index is 0.00000364. The molecule has 0 unspecified atom stereocenters. The summed E-state index contributed by atoms with van der Waals surface area (Å²) in [4.78, 5) is 16.0. The Labute approximate surface area is 181 Å². The number of allylic oxidation sites excluding steroid dienone is 1. The lowest BCUT2D eigenvalue weighted by Crippen LogP contribution is -2.46. The summed E-state index contributed by atoms with van der Waals surface area (Å²) < 4.78 is 0. The van der Waals surface area contributed by atoms with Crippen molar-refractivity contribution in [2.45, 2.75) is 26.3 Å². The number of rotatable bonds is 8. The summed E-state index contributed by atoms with van der Waals surface area (Å²) >= 11 is 0. The molecular formula is C20H35IN6. The predicted octanol–water partition coefficient (Wildman–Crippen LogP) is 2.81. The van der Waals surface area contributed by atoms with Gasteiger partial charge >= 0.3 is 0 Å². The van der Waals surface area contributed by atoms with Gasteiger partial charge in [-0.15, -0.1) is 30.6 Å². The average molecular weight is 486 g/mol. The minimum absolute atomic E-state index is 0. The summed E-state index contributed by atoms with van der Waals surface area (Å²) in [6.07, 6.45) is 6.04. The zero-order valence-corrected chi connectivity index (χ0v) is 19.4. The van der Waals surface area contributed by atoms with Crippen molar-refractivity contribution < 1.29 is 0 Å². The number of aliphatic imine (C=N–C) groups is 1. The van der Waals surface area contributed by atoms with E-state index in [1.165, 1.54) is 5.56 Å². The van der Waals surface area contributed by atoms with Gasteiger partial charge in [0, 0.05) is 59.6 Å². The highest BCUT2D eigenvalue weighted by atomic mass is 127.